The molecular formula is C28H31N9O4. The van der Waals surface area contributed by atoms with Crippen molar-refractivity contribution in [1.29, 1.82) is 0 Å². The van der Waals surface area contributed by atoms with E-state index in [1.807, 2.05) is 52.0 Å². The van der Waals surface area contributed by atoms with Gasteiger partial charge in [-0.2, -0.15) is 0 Å². The second-order valence-corrected chi connectivity index (χ2v) is 9.95. The summed E-state index contributed by atoms with van der Waals surface area (Å²) >= 11 is 0. The zero-order valence-corrected chi connectivity index (χ0v) is 22.3. The Labute approximate surface area is 235 Å². The fourth-order valence-corrected chi connectivity index (χ4v) is 5.00. The monoisotopic (exact) mass is 557 g/mol. The number of nitro groups is 1. The fraction of sp³-hybridized carbons (Fsp3) is 0.286. The largest absolute Gasteiger partial charge is 0.378 e. The van der Waals surface area contributed by atoms with Crippen LogP contribution in [0.15, 0.2) is 67.5 Å². The molecule has 1 fully saturated rings. The molecule has 0 aliphatic carbocycles. The lowest BCUT2D eigenvalue weighted by molar-refractivity contribution is -0.384. The van der Waals surface area contributed by atoms with Gasteiger partial charge in [0.15, 0.2) is 0 Å². The van der Waals surface area contributed by atoms with E-state index in [-0.39, 0.29) is 29.2 Å². The number of pyridine rings is 1. The number of hydrogen-bond donors (Lipinski definition) is 3. The Bertz CT molecular complexity index is 1540. The molecule has 5 rings (SSSR count). The number of piperidine rings is 1. The van der Waals surface area contributed by atoms with E-state index < -0.39 is 4.92 Å². The van der Waals surface area contributed by atoms with E-state index in [9.17, 15) is 19.7 Å². The summed E-state index contributed by atoms with van der Waals surface area (Å²) in [6.45, 7) is 2.12. The number of anilines is 2. The third-order valence-corrected chi connectivity index (χ3v) is 7.27. The highest BCUT2D eigenvalue weighted by Crippen LogP contribution is 2.29. The van der Waals surface area contributed by atoms with Gasteiger partial charge in [0.1, 0.15) is 5.82 Å². The molecule has 2 amide bonds. The summed E-state index contributed by atoms with van der Waals surface area (Å²) < 4.78 is 3.89. The quantitative estimate of drug-likeness (QED) is 0.151. The number of nitrogens with two attached hydrogens (primary N) is 2. The summed E-state index contributed by atoms with van der Waals surface area (Å²) in [5.74, 6) is -0.287. The van der Waals surface area contributed by atoms with Crippen LogP contribution in [-0.4, -0.2) is 60.4 Å². The number of nitrogens with one attached hydrogen (secondary N) is 1. The Morgan fingerprint density at radius 1 is 1.10 bits per heavy atom. The predicted molar refractivity (Wildman–Crippen MR) is 153 cm³/mol. The van der Waals surface area contributed by atoms with Crippen LogP contribution in [0.2, 0.25) is 0 Å². The molecule has 212 valence electrons. The van der Waals surface area contributed by atoms with Gasteiger partial charge in [-0.3, -0.25) is 19.7 Å². The van der Waals surface area contributed by atoms with Crippen molar-refractivity contribution < 1.29 is 14.5 Å². The first-order chi connectivity index (χ1) is 19.8. The molecule has 0 saturated carbocycles. The summed E-state index contributed by atoms with van der Waals surface area (Å²) in [6.07, 6.45) is 11.0. The number of likely N-dealkylation sites (tertiary alicyclic amines) is 1. The van der Waals surface area contributed by atoms with Gasteiger partial charge in [0.2, 0.25) is 11.7 Å². The second-order valence-electron chi connectivity index (χ2n) is 9.95. The van der Waals surface area contributed by atoms with Crippen molar-refractivity contribution in [3.05, 3.63) is 83.2 Å². The Hall–Kier alpha value is -5.20. The van der Waals surface area contributed by atoms with Gasteiger partial charge in [0.05, 0.1) is 16.8 Å². The van der Waals surface area contributed by atoms with Crippen molar-refractivity contribution in [1.82, 2.24) is 24.0 Å². The Morgan fingerprint density at radius 2 is 1.85 bits per heavy atom. The molecule has 5 N–H and O–H groups in total. The Kier molecular flexibility index (Phi) is 7.94. The van der Waals surface area contributed by atoms with E-state index in [1.165, 1.54) is 12.1 Å². The van der Waals surface area contributed by atoms with Crippen LogP contribution in [0, 0.1) is 16.0 Å². The SMILES string of the molecule is NC(=O)C1CCN(C(=O)c2cn(CCCNc3ccc([N+](=O)[O-])c(N)n3)cc2-c2ccc(-n3ccnc3)cc2)CC1. The number of benzene rings is 1. The molecular weight excluding hydrogens is 526 g/mol. The minimum Gasteiger partial charge on any atom is -0.378 e. The van der Waals surface area contributed by atoms with Crippen molar-refractivity contribution >= 4 is 29.1 Å². The number of imidazole rings is 1. The smallest absolute Gasteiger partial charge is 0.311 e. The lowest BCUT2D eigenvalue weighted by atomic mass is 9.95. The van der Waals surface area contributed by atoms with Gasteiger partial charge in [0, 0.05) is 74.2 Å². The van der Waals surface area contributed by atoms with E-state index >= 15 is 0 Å². The minimum atomic E-state index is -0.570. The van der Waals surface area contributed by atoms with Crippen LogP contribution in [0.25, 0.3) is 16.8 Å². The molecule has 41 heavy (non-hydrogen) atoms. The number of nitrogens with zero attached hydrogens (tertiary/aromatic N) is 6. The summed E-state index contributed by atoms with van der Waals surface area (Å²) in [5.41, 5.74) is 14.2. The molecule has 4 heterocycles. The van der Waals surface area contributed by atoms with Crippen LogP contribution in [0.4, 0.5) is 17.3 Å². The van der Waals surface area contributed by atoms with Gasteiger partial charge >= 0.3 is 5.69 Å². The van der Waals surface area contributed by atoms with E-state index in [2.05, 4.69) is 15.3 Å². The molecule has 0 radical (unpaired) electrons. The fourth-order valence-electron chi connectivity index (χ4n) is 5.00. The average Bonchev–Trinajstić information content (AvgIpc) is 3.66. The maximum Gasteiger partial charge on any atom is 0.311 e. The Morgan fingerprint density at radius 3 is 2.49 bits per heavy atom. The van der Waals surface area contributed by atoms with E-state index in [1.54, 1.807) is 17.4 Å². The van der Waals surface area contributed by atoms with Gasteiger partial charge in [-0.25, -0.2) is 9.97 Å². The first kappa shape index (κ1) is 27.4. The molecule has 0 atom stereocenters. The summed E-state index contributed by atoms with van der Waals surface area (Å²) in [7, 11) is 0. The highest BCUT2D eigenvalue weighted by Gasteiger charge is 2.28. The molecule has 1 aliphatic rings. The molecule has 1 aromatic carbocycles. The predicted octanol–water partition coefficient (Wildman–Crippen LogP) is 3.07. The number of nitrogen functional groups attached to an aromatic ring is 1. The summed E-state index contributed by atoms with van der Waals surface area (Å²) in [5, 5.41) is 14.1. The highest BCUT2D eigenvalue weighted by molar-refractivity contribution is 6.01. The molecule has 3 aromatic heterocycles. The number of carbonyl (C=O) groups excluding carboxylic acids is 2. The summed E-state index contributed by atoms with van der Waals surface area (Å²) in [6, 6.07) is 10.8. The number of primary amides is 1. The van der Waals surface area contributed by atoms with Crippen LogP contribution < -0.4 is 16.8 Å². The third-order valence-electron chi connectivity index (χ3n) is 7.27. The number of aryl methyl sites for hydroxylation is 1. The van der Waals surface area contributed by atoms with Crippen molar-refractivity contribution in [3.63, 3.8) is 0 Å². The van der Waals surface area contributed by atoms with E-state index in [4.69, 9.17) is 11.5 Å². The first-order valence-corrected chi connectivity index (χ1v) is 13.3. The van der Waals surface area contributed by atoms with Gasteiger partial charge in [0.25, 0.3) is 5.91 Å². The van der Waals surface area contributed by atoms with Crippen molar-refractivity contribution in [2.24, 2.45) is 11.7 Å². The first-order valence-electron chi connectivity index (χ1n) is 13.3. The number of rotatable bonds is 10. The molecule has 4 aromatic rings. The van der Waals surface area contributed by atoms with Crippen molar-refractivity contribution in [3.8, 4) is 16.8 Å². The number of aromatic nitrogens is 4. The van der Waals surface area contributed by atoms with Gasteiger partial charge in [-0.1, -0.05) is 12.1 Å². The lowest BCUT2D eigenvalue weighted by Crippen LogP contribution is -2.41. The normalized spacial score (nSPS) is 13.7. The van der Waals surface area contributed by atoms with Crippen LogP contribution in [0.1, 0.15) is 29.6 Å². The molecule has 13 nitrogen and oxygen atoms in total. The number of hydrogen-bond acceptors (Lipinski definition) is 8. The topological polar surface area (TPSA) is 180 Å². The van der Waals surface area contributed by atoms with E-state index in [0.717, 1.165) is 16.8 Å². The van der Waals surface area contributed by atoms with Crippen LogP contribution >= 0.6 is 0 Å². The standard InChI is InChI=1S/C28H31N9O4/c29-26-24(37(40)41)6-7-25(33-26)32-10-1-12-34-16-22(19-2-4-21(5-3-19)36-15-11-31-18-36)23(17-34)28(39)35-13-8-20(9-14-35)27(30)38/h2-7,11,15-18,20H,1,8-10,12-14H2,(H2,30,38)(H3,29,32,33). The van der Waals surface area contributed by atoms with Crippen molar-refractivity contribution in [2.75, 3.05) is 30.7 Å². The average molecular weight is 558 g/mol. The molecule has 1 aliphatic heterocycles. The van der Waals surface area contributed by atoms with Crippen LogP contribution in [0.5, 0.6) is 0 Å². The molecule has 0 unspecified atom stereocenters. The van der Waals surface area contributed by atoms with Gasteiger partial charge < -0.3 is 30.8 Å². The number of carbonyl (C=O) groups is 2. The molecule has 0 spiro atoms. The molecule has 13 heteroatoms. The maximum atomic E-state index is 13.7. The highest BCUT2D eigenvalue weighted by atomic mass is 16.6. The number of amides is 2. The molecule has 0 bridgehead atoms. The lowest BCUT2D eigenvalue weighted by Gasteiger charge is -2.30. The van der Waals surface area contributed by atoms with Crippen molar-refractivity contribution in [2.45, 2.75) is 25.8 Å². The molecule has 1 saturated heterocycles. The van der Waals surface area contributed by atoms with Gasteiger partial charge in [-0.15, -0.1) is 0 Å². The van der Waals surface area contributed by atoms with Gasteiger partial charge in [-0.05, 0) is 43.0 Å². The zero-order valence-electron chi connectivity index (χ0n) is 22.3. The third kappa shape index (κ3) is 6.19. The zero-order chi connectivity index (χ0) is 28.9. The maximum absolute atomic E-state index is 13.7. The van der Waals surface area contributed by atoms with Crippen LogP contribution in [-0.2, 0) is 11.3 Å². The minimum absolute atomic E-state index is 0.0796. The summed E-state index contributed by atoms with van der Waals surface area (Å²) in [4.78, 5) is 45.6. The van der Waals surface area contributed by atoms with E-state index in [0.29, 0.717) is 56.8 Å². The second kappa shape index (κ2) is 11.9. The Balaban J connectivity index is 1.31. The van der Waals surface area contributed by atoms with Crippen LogP contribution in [0.3, 0.4) is 0 Å².